The second-order valence-corrected chi connectivity index (χ2v) is 6.39. The van der Waals surface area contributed by atoms with Crippen molar-refractivity contribution in [2.75, 3.05) is 7.11 Å². The fourth-order valence-corrected chi connectivity index (χ4v) is 2.79. The molecule has 0 spiro atoms. The van der Waals surface area contributed by atoms with Gasteiger partial charge in [-0.1, -0.05) is 47.6 Å². The zero-order valence-electron chi connectivity index (χ0n) is 12.3. The van der Waals surface area contributed by atoms with Gasteiger partial charge < -0.3 is 9.26 Å². The van der Waals surface area contributed by atoms with Gasteiger partial charge in [-0.05, 0) is 17.7 Å². The van der Waals surface area contributed by atoms with Crippen molar-refractivity contribution < 1.29 is 17.7 Å². The molecule has 0 aliphatic heterocycles. The predicted octanol–water partition coefficient (Wildman–Crippen LogP) is 2.66. The average Bonchev–Trinajstić information content (AvgIpc) is 2.99. The van der Waals surface area contributed by atoms with Gasteiger partial charge in [0.05, 0.1) is 17.6 Å². The molecule has 0 bridgehead atoms. The summed E-state index contributed by atoms with van der Waals surface area (Å²) in [6.07, 6.45) is 0. The number of sulfonamides is 1. The molecule has 0 radical (unpaired) electrons. The van der Waals surface area contributed by atoms with E-state index >= 15 is 0 Å². The molecular formula is C16H14N2O4S. The number of hydrogen-bond acceptors (Lipinski definition) is 5. The van der Waals surface area contributed by atoms with E-state index < -0.39 is 10.0 Å². The zero-order valence-corrected chi connectivity index (χ0v) is 13.1. The number of benzene rings is 2. The van der Waals surface area contributed by atoms with Gasteiger partial charge in [-0.15, -0.1) is 0 Å². The van der Waals surface area contributed by atoms with Crippen LogP contribution in [0.2, 0.25) is 0 Å². The Morgan fingerprint density at radius 2 is 1.65 bits per heavy atom. The minimum atomic E-state index is -3.74. The maximum Gasteiger partial charge on any atom is 0.319 e. The molecule has 0 aliphatic rings. The summed E-state index contributed by atoms with van der Waals surface area (Å²) in [5.74, 6) is 0.257. The van der Waals surface area contributed by atoms with Crippen LogP contribution in [0.5, 0.6) is 5.95 Å². The van der Waals surface area contributed by atoms with Crippen molar-refractivity contribution in [1.29, 1.82) is 0 Å². The highest BCUT2D eigenvalue weighted by Gasteiger charge is 2.20. The van der Waals surface area contributed by atoms with E-state index in [-0.39, 0.29) is 10.8 Å². The SMILES string of the molecule is COc1onc(-c2ccccc2)c1-c1ccc(S(N)(=O)=O)cc1. The van der Waals surface area contributed by atoms with Crippen LogP contribution in [-0.4, -0.2) is 20.7 Å². The van der Waals surface area contributed by atoms with E-state index in [0.29, 0.717) is 16.8 Å². The highest BCUT2D eigenvalue weighted by Crippen LogP contribution is 2.39. The molecule has 0 amide bonds. The van der Waals surface area contributed by atoms with Crippen molar-refractivity contribution in [3.63, 3.8) is 0 Å². The fourth-order valence-electron chi connectivity index (χ4n) is 2.27. The van der Waals surface area contributed by atoms with Gasteiger partial charge in [-0.2, -0.15) is 0 Å². The maximum absolute atomic E-state index is 11.4. The van der Waals surface area contributed by atoms with Gasteiger partial charge in [0.25, 0.3) is 0 Å². The molecular weight excluding hydrogens is 316 g/mol. The number of ether oxygens (including phenoxy) is 1. The Morgan fingerprint density at radius 1 is 1.00 bits per heavy atom. The third-order valence-electron chi connectivity index (χ3n) is 3.36. The summed E-state index contributed by atoms with van der Waals surface area (Å²) in [4.78, 5) is 0.0398. The van der Waals surface area contributed by atoms with Gasteiger partial charge in [0, 0.05) is 5.56 Å². The van der Waals surface area contributed by atoms with Crippen LogP contribution in [0.15, 0.2) is 64.0 Å². The molecule has 0 saturated carbocycles. The van der Waals surface area contributed by atoms with E-state index in [9.17, 15) is 8.42 Å². The molecule has 2 N–H and O–H groups in total. The Bertz CT molecular complexity index is 916. The Morgan fingerprint density at radius 3 is 2.22 bits per heavy atom. The molecule has 3 rings (SSSR count). The van der Waals surface area contributed by atoms with Gasteiger partial charge in [0.1, 0.15) is 5.69 Å². The number of primary sulfonamides is 1. The second kappa shape index (κ2) is 5.86. The Labute approximate surface area is 133 Å². The van der Waals surface area contributed by atoms with E-state index in [1.807, 2.05) is 30.3 Å². The predicted molar refractivity (Wildman–Crippen MR) is 85.3 cm³/mol. The number of nitrogens with two attached hydrogens (primary N) is 1. The molecule has 6 nitrogen and oxygen atoms in total. The lowest BCUT2D eigenvalue weighted by Crippen LogP contribution is -2.11. The topological polar surface area (TPSA) is 95.4 Å². The van der Waals surface area contributed by atoms with E-state index in [1.165, 1.54) is 19.2 Å². The molecule has 0 fully saturated rings. The summed E-state index contributed by atoms with van der Waals surface area (Å²) >= 11 is 0. The Kier molecular flexibility index (Phi) is 3.89. The molecule has 7 heteroatoms. The van der Waals surface area contributed by atoms with Gasteiger partial charge in [-0.25, -0.2) is 13.6 Å². The first-order valence-electron chi connectivity index (χ1n) is 6.73. The number of nitrogens with zero attached hydrogens (tertiary/aromatic N) is 1. The first-order chi connectivity index (χ1) is 11.0. The first-order valence-corrected chi connectivity index (χ1v) is 8.27. The number of methoxy groups -OCH3 is 1. The van der Waals surface area contributed by atoms with Crippen LogP contribution in [0.3, 0.4) is 0 Å². The molecule has 0 unspecified atom stereocenters. The molecule has 23 heavy (non-hydrogen) atoms. The number of rotatable bonds is 4. The van der Waals surface area contributed by atoms with Gasteiger partial charge in [-0.3, -0.25) is 0 Å². The van der Waals surface area contributed by atoms with Crippen LogP contribution in [-0.2, 0) is 10.0 Å². The average molecular weight is 330 g/mol. The Balaban J connectivity index is 2.14. The molecule has 118 valence electrons. The summed E-state index contributed by atoms with van der Waals surface area (Å²) in [6.45, 7) is 0. The van der Waals surface area contributed by atoms with Crippen LogP contribution in [0.1, 0.15) is 0 Å². The van der Waals surface area contributed by atoms with Crippen LogP contribution in [0.4, 0.5) is 0 Å². The van der Waals surface area contributed by atoms with Gasteiger partial charge in [0.15, 0.2) is 0 Å². The highest BCUT2D eigenvalue weighted by molar-refractivity contribution is 7.89. The smallest absolute Gasteiger partial charge is 0.319 e. The zero-order chi connectivity index (χ0) is 16.4. The maximum atomic E-state index is 11.4. The Hall–Kier alpha value is -2.64. The lowest BCUT2D eigenvalue weighted by molar-refractivity contribution is 0.262. The van der Waals surface area contributed by atoms with E-state index in [4.69, 9.17) is 14.4 Å². The summed E-state index contributed by atoms with van der Waals surface area (Å²) in [7, 11) is -2.25. The van der Waals surface area contributed by atoms with Gasteiger partial charge in [0.2, 0.25) is 10.0 Å². The quantitative estimate of drug-likeness (QED) is 0.793. The third-order valence-corrected chi connectivity index (χ3v) is 4.29. The summed E-state index contributed by atoms with van der Waals surface area (Å²) in [5, 5.41) is 9.18. The lowest BCUT2D eigenvalue weighted by Gasteiger charge is -2.05. The van der Waals surface area contributed by atoms with Crippen molar-refractivity contribution in [2.45, 2.75) is 4.90 Å². The number of aromatic nitrogens is 1. The largest absolute Gasteiger partial charge is 0.467 e. The molecule has 0 saturated heterocycles. The van der Waals surface area contributed by atoms with E-state index in [0.717, 1.165) is 5.56 Å². The van der Waals surface area contributed by atoms with Crippen molar-refractivity contribution in [2.24, 2.45) is 5.14 Å². The van der Waals surface area contributed by atoms with Crippen LogP contribution in [0.25, 0.3) is 22.4 Å². The van der Waals surface area contributed by atoms with Gasteiger partial charge >= 0.3 is 5.95 Å². The van der Waals surface area contributed by atoms with Crippen molar-refractivity contribution in [3.8, 4) is 28.3 Å². The van der Waals surface area contributed by atoms with Crippen LogP contribution in [0, 0.1) is 0 Å². The monoisotopic (exact) mass is 330 g/mol. The molecule has 3 aromatic rings. The number of hydrogen-bond donors (Lipinski definition) is 1. The molecule has 1 heterocycles. The van der Waals surface area contributed by atoms with E-state index in [2.05, 4.69) is 5.16 Å². The molecule has 2 aromatic carbocycles. The normalized spacial score (nSPS) is 11.4. The summed E-state index contributed by atoms with van der Waals surface area (Å²) in [5.41, 5.74) is 2.85. The summed E-state index contributed by atoms with van der Waals surface area (Å²) in [6, 6.07) is 15.6. The first kappa shape index (κ1) is 15.3. The van der Waals surface area contributed by atoms with Crippen LogP contribution >= 0.6 is 0 Å². The van der Waals surface area contributed by atoms with Crippen molar-refractivity contribution >= 4 is 10.0 Å². The molecule has 1 aromatic heterocycles. The fraction of sp³-hybridized carbons (Fsp3) is 0.0625. The molecule has 0 atom stereocenters. The van der Waals surface area contributed by atoms with Crippen molar-refractivity contribution in [1.82, 2.24) is 5.16 Å². The third kappa shape index (κ3) is 2.96. The van der Waals surface area contributed by atoms with Crippen molar-refractivity contribution in [3.05, 3.63) is 54.6 Å². The lowest BCUT2D eigenvalue weighted by atomic mass is 10.0. The van der Waals surface area contributed by atoms with Crippen LogP contribution < -0.4 is 9.88 Å². The highest BCUT2D eigenvalue weighted by atomic mass is 32.2. The summed E-state index contributed by atoms with van der Waals surface area (Å²) < 4.78 is 33.2. The minimum absolute atomic E-state index is 0.0398. The second-order valence-electron chi connectivity index (χ2n) is 4.83. The molecule has 0 aliphatic carbocycles. The van der Waals surface area contributed by atoms with E-state index in [1.54, 1.807) is 12.1 Å². The standard InChI is InChI=1S/C16H14N2O4S/c1-21-16-14(11-7-9-13(10-8-11)23(17,19)20)15(18-22-16)12-5-3-2-4-6-12/h2-10H,1H3,(H2,17,19,20). The minimum Gasteiger partial charge on any atom is -0.467 e.